The van der Waals surface area contributed by atoms with Crippen molar-refractivity contribution in [2.45, 2.75) is 31.5 Å². The van der Waals surface area contributed by atoms with E-state index in [1.54, 1.807) is 0 Å². The van der Waals surface area contributed by atoms with E-state index in [1.165, 1.54) is 31.2 Å². The molecule has 7 heteroatoms. The lowest BCUT2D eigenvalue weighted by Crippen LogP contribution is -2.44. The topological polar surface area (TPSA) is 132 Å². The molecule has 0 saturated carbocycles. The molecule has 7 nitrogen and oxygen atoms in total. The molecule has 0 aliphatic heterocycles. The molecule has 0 radical (unpaired) electrons. The number of ketones is 3. The summed E-state index contributed by atoms with van der Waals surface area (Å²) in [5.74, 6) is -2.73. The summed E-state index contributed by atoms with van der Waals surface area (Å²) in [6.07, 6.45) is -1.90. The molecule has 4 rings (SSSR count). The number of hydrogen-bond donors (Lipinski definition) is 4. The predicted octanol–water partition coefficient (Wildman–Crippen LogP) is 1.17. The van der Waals surface area contributed by atoms with Gasteiger partial charge in [-0.1, -0.05) is 12.1 Å². The van der Waals surface area contributed by atoms with Gasteiger partial charge in [-0.3, -0.25) is 14.4 Å². The molecule has 2 aliphatic carbocycles. The fraction of sp³-hybridized carbons (Fsp3) is 0.250. The van der Waals surface area contributed by atoms with E-state index >= 15 is 0 Å². The maximum atomic E-state index is 12.9. The third kappa shape index (κ3) is 2.25. The molecular formula is C20H16O7. The van der Waals surface area contributed by atoms with Gasteiger partial charge in [-0.25, -0.2) is 0 Å². The van der Waals surface area contributed by atoms with Crippen molar-refractivity contribution in [3.05, 3.63) is 57.6 Å². The molecule has 2 aromatic rings. The number of aliphatic hydroxyl groups excluding tert-OH is 1. The van der Waals surface area contributed by atoms with Crippen LogP contribution >= 0.6 is 0 Å². The van der Waals surface area contributed by atoms with Gasteiger partial charge in [0.1, 0.15) is 17.1 Å². The molecule has 0 heterocycles. The van der Waals surface area contributed by atoms with Crippen molar-refractivity contribution < 1.29 is 34.8 Å². The lowest BCUT2D eigenvalue weighted by molar-refractivity contribution is -0.139. The molecule has 0 saturated heterocycles. The van der Waals surface area contributed by atoms with E-state index in [9.17, 15) is 34.8 Å². The van der Waals surface area contributed by atoms with E-state index in [2.05, 4.69) is 0 Å². The molecule has 0 bridgehead atoms. The van der Waals surface area contributed by atoms with Crippen molar-refractivity contribution in [2.75, 3.05) is 0 Å². The fourth-order valence-electron chi connectivity index (χ4n) is 3.98. The van der Waals surface area contributed by atoms with Gasteiger partial charge in [0.25, 0.3) is 0 Å². The summed E-state index contributed by atoms with van der Waals surface area (Å²) in [6, 6.07) is 5.38. The van der Waals surface area contributed by atoms with Crippen LogP contribution in [0.25, 0.3) is 0 Å². The summed E-state index contributed by atoms with van der Waals surface area (Å²) in [4.78, 5) is 37.5. The number of fused-ring (bicyclic) bond motifs is 3. The van der Waals surface area contributed by atoms with Crippen LogP contribution in [0.1, 0.15) is 62.4 Å². The van der Waals surface area contributed by atoms with Crippen LogP contribution in [0, 0.1) is 0 Å². The Hall–Kier alpha value is -3.03. The van der Waals surface area contributed by atoms with Crippen molar-refractivity contribution in [1.82, 2.24) is 0 Å². The van der Waals surface area contributed by atoms with Crippen molar-refractivity contribution in [2.24, 2.45) is 0 Å². The van der Waals surface area contributed by atoms with Crippen LogP contribution in [0.4, 0.5) is 0 Å². The number of Topliss-reactive ketones (excluding diaryl/α,β-unsaturated/α-hetero) is 1. The maximum absolute atomic E-state index is 12.9. The second kappa shape index (κ2) is 5.48. The first-order valence-electron chi connectivity index (χ1n) is 8.37. The number of benzene rings is 2. The van der Waals surface area contributed by atoms with E-state index in [1.807, 2.05) is 0 Å². The standard InChI is InChI=1S/C20H16O7/c1-8(21)20(27)6-9-5-11-16(19(26)14(9)13(23)7-20)17(24)10-3-2-4-12(22)15(10)18(11)25/h2-5,13,22-23,26-27H,6-7H2,1H3/t13-,20+/m0/s1. The highest BCUT2D eigenvalue weighted by Crippen LogP contribution is 2.46. The van der Waals surface area contributed by atoms with Crippen molar-refractivity contribution in [3.63, 3.8) is 0 Å². The highest BCUT2D eigenvalue weighted by Gasteiger charge is 2.44. The summed E-state index contributed by atoms with van der Waals surface area (Å²) in [6.45, 7) is 1.19. The molecular weight excluding hydrogens is 352 g/mol. The Labute approximate surface area is 153 Å². The average Bonchev–Trinajstić information content (AvgIpc) is 2.58. The molecule has 0 aromatic heterocycles. The number of aliphatic hydroxyl groups is 2. The zero-order valence-corrected chi connectivity index (χ0v) is 14.3. The van der Waals surface area contributed by atoms with E-state index in [0.29, 0.717) is 0 Å². The molecule has 138 valence electrons. The Balaban J connectivity index is 1.98. The largest absolute Gasteiger partial charge is 0.507 e. The highest BCUT2D eigenvalue weighted by molar-refractivity contribution is 6.30. The number of carbonyl (C=O) groups is 3. The zero-order valence-electron chi connectivity index (χ0n) is 14.3. The molecule has 4 N–H and O–H groups in total. The van der Waals surface area contributed by atoms with Crippen molar-refractivity contribution in [3.8, 4) is 11.5 Å². The Bertz CT molecular complexity index is 1050. The summed E-state index contributed by atoms with van der Waals surface area (Å²) in [5, 5.41) is 41.6. The molecule has 0 unspecified atom stereocenters. The molecule has 0 spiro atoms. The predicted molar refractivity (Wildman–Crippen MR) is 92.0 cm³/mol. The van der Waals surface area contributed by atoms with Crippen LogP contribution < -0.4 is 0 Å². The fourth-order valence-corrected chi connectivity index (χ4v) is 3.98. The summed E-state index contributed by atoms with van der Waals surface area (Å²) in [7, 11) is 0. The third-order valence-corrected chi connectivity index (χ3v) is 5.41. The van der Waals surface area contributed by atoms with Gasteiger partial charge in [-0.15, -0.1) is 0 Å². The van der Waals surface area contributed by atoms with Gasteiger partial charge in [-0.05, 0) is 24.6 Å². The van der Waals surface area contributed by atoms with Crippen LogP contribution in [0.15, 0.2) is 24.3 Å². The molecule has 2 aliphatic rings. The Morgan fingerprint density at radius 3 is 2.44 bits per heavy atom. The van der Waals surface area contributed by atoms with Crippen LogP contribution in [0.2, 0.25) is 0 Å². The average molecular weight is 368 g/mol. The van der Waals surface area contributed by atoms with Gasteiger partial charge in [0.2, 0.25) is 0 Å². The van der Waals surface area contributed by atoms with Gasteiger partial charge in [0.05, 0.1) is 17.2 Å². The van der Waals surface area contributed by atoms with Gasteiger partial charge >= 0.3 is 0 Å². The van der Waals surface area contributed by atoms with Gasteiger partial charge in [0, 0.05) is 29.5 Å². The highest BCUT2D eigenvalue weighted by atomic mass is 16.3. The zero-order chi connectivity index (χ0) is 19.7. The number of aromatic hydroxyl groups is 2. The first-order valence-corrected chi connectivity index (χ1v) is 8.37. The molecule has 27 heavy (non-hydrogen) atoms. The van der Waals surface area contributed by atoms with Crippen LogP contribution in [-0.2, 0) is 11.2 Å². The summed E-state index contributed by atoms with van der Waals surface area (Å²) in [5.41, 5.74) is -2.16. The number of carbonyl (C=O) groups excluding carboxylic acids is 3. The summed E-state index contributed by atoms with van der Waals surface area (Å²) < 4.78 is 0. The van der Waals surface area contributed by atoms with Crippen LogP contribution in [0.5, 0.6) is 11.5 Å². The first kappa shape index (κ1) is 17.4. The van der Waals surface area contributed by atoms with Gasteiger partial charge in [-0.2, -0.15) is 0 Å². The Morgan fingerprint density at radius 2 is 1.78 bits per heavy atom. The minimum absolute atomic E-state index is 0.0319. The van der Waals surface area contributed by atoms with E-state index < -0.39 is 34.8 Å². The lowest BCUT2D eigenvalue weighted by atomic mass is 9.73. The Kier molecular flexibility index (Phi) is 3.53. The first-order chi connectivity index (χ1) is 12.7. The number of phenolic OH excluding ortho intramolecular Hbond substituents is 2. The SMILES string of the molecule is CC(=O)[C@@]1(O)Cc2cc3c(c(O)c2[C@@H](O)C1)C(=O)c1cccc(O)c1C3=O. The lowest BCUT2D eigenvalue weighted by Gasteiger charge is -2.36. The van der Waals surface area contributed by atoms with E-state index in [-0.39, 0.29) is 52.0 Å². The molecule has 0 fully saturated rings. The molecule has 2 aromatic carbocycles. The third-order valence-electron chi connectivity index (χ3n) is 5.41. The normalized spacial score (nSPS) is 23.4. The monoisotopic (exact) mass is 368 g/mol. The number of rotatable bonds is 1. The number of hydrogen-bond acceptors (Lipinski definition) is 7. The minimum Gasteiger partial charge on any atom is -0.507 e. The maximum Gasteiger partial charge on any atom is 0.198 e. The van der Waals surface area contributed by atoms with E-state index in [4.69, 9.17) is 0 Å². The second-order valence-electron chi connectivity index (χ2n) is 7.06. The molecule has 2 atom stereocenters. The van der Waals surface area contributed by atoms with Crippen LogP contribution in [-0.4, -0.2) is 43.4 Å². The summed E-state index contributed by atoms with van der Waals surface area (Å²) >= 11 is 0. The Morgan fingerprint density at radius 1 is 1.11 bits per heavy atom. The van der Waals surface area contributed by atoms with Crippen molar-refractivity contribution >= 4 is 17.3 Å². The van der Waals surface area contributed by atoms with Gasteiger partial charge < -0.3 is 20.4 Å². The molecule has 0 amide bonds. The quantitative estimate of drug-likeness (QED) is 0.507. The van der Waals surface area contributed by atoms with Gasteiger partial charge in [0.15, 0.2) is 17.3 Å². The second-order valence-corrected chi connectivity index (χ2v) is 7.06. The van der Waals surface area contributed by atoms with E-state index in [0.717, 1.165) is 0 Å². The minimum atomic E-state index is -1.82. The smallest absolute Gasteiger partial charge is 0.198 e. The van der Waals surface area contributed by atoms with Crippen molar-refractivity contribution in [1.29, 1.82) is 0 Å². The van der Waals surface area contributed by atoms with Crippen LogP contribution in [0.3, 0.4) is 0 Å². The number of phenols is 2.